The second-order valence-corrected chi connectivity index (χ2v) is 11.7. The highest BCUT2D eigenvalue weighted by molar-refractivity contribution is 8.00. The number of benzene rings is 1. The number of carbonyl (C=O) groups is 1. The lowest BCUT2D eigenvalue weighted by Gasteiger charge is -2.22. The largest absolute Gasteiger partial charge is 0.376 e. The van der Waals surface area contributed by atoms with Crippen LogP contribution in [0, 0.1) is 0 Å². The molecule has 3 aromatic rings. The van der Waals surface area contributed by atoms with Gasteiger partial charge in [-0.05, 0) is 56.6 Å². The number of hydrogen-bond donors (Lipinski definition) is 0. The molecule has 8 heteroatoms. The number of fused-ring (bicyclic) bond motifs is 3. The van der Waals surface area contributed by atoms with E-state index in [1.165, 1.54) is 28.6 Å². The first kappa shape index (κ1) is 23.6. The van der Waals surface area contributed by atoms with Crippen molar-refractivity contribution < 1.29 is 9.53 Å². The van der Waals surface area contributed by atoms with Gasteiger partial charge in [-0.15, -0.1) is 11.3 Å². The van der Waals surface area contributed by atoms with E-state index in [2.05, 4.69) is 0 Å². The lowest BCUT2D eigenvalue weighted by atomic mass is 9.97. The molecule has 2 aromatic heterocycles. The first-order valence-electron chi connectivity index (χ1n) is 12.1. The molecule has 180 valence electrons. The third kappa shape index (κ3) is 4.81. The van der Waals surface area contributed by atoms with Crippen molar-refractivity contribution in [3.8, 4) is 0 Å². The standard InChI is InChI=1S/C26H31N3O3S2/c1-17(24(30)28(2)15-18-9-4-3-5-10-18)33-26-27-23-22(20-12-6-7-13-21(20)34-23)25(31)29(26)16-19-11-8-14-32-19/h3-5,9-10,17,19H,6-8,11-16H2,1-2H3. The van der Waals surface area contributed by atoms with Gasteiger partial charge in [0.25, 0.3) is 5.56 Å². The highest BCUT2D eigenvalue weighted by Gasteiger charge is 2.27. The van der Waals surface area contributed by atoms with Gasteiger partial charge in [0, 0.05) is 25.1 Å². The van der Waals surface area contributed by atoms with Crippen molar-refractivity contribution in [2.75, 3.05) is 13.7 Å². The van der Waals surface area contributed by atoms with Gasteiger partial charge in [0.05, 0.1) is 23.3 Å². The predicted octanol–water partition coefficient (Wildman–Crippen LogP) is 4.66. The molecule has 0 saturated carbocycles. The molecule has 2 atom stereocenters. The van der Waals surface area contributed by atoms with E-state index in [1.54, 1.807) is 20.8 Å². The van der Waals surface area contributed by atoms with Gasteiger partial charge >= 0.3 is 0 Å². The molecule has 0 radical (unpaired) electrons. The van der Waals surface area contributed by atoms with Crippen LogP contribution in [-0.4, -0.2) is 45.4 Å². The molecule has 0 spiro atoms. The van der Waals surface area contributed by atoms with Crippen LogP contribution in [-0.2, 0) is 35.5 Å². The first-order valence-corrected chi connectivity index (χ1v) is 13.8. The molecule has 1 aliphatic heterocycles. The topological polar surface area (TPSA) is 64.4 Å². The van der Waals surface area contributed by atoms with Gasteiger partial charge in [-0.2, -0.15) is 0 Å². The van der Waals surface area contributed by atoms with Crippen LogP contribution in [0.1, 0.15) is 48.6 Å². The van der Waals surface area contributed by atoms with Crippen LogP contribution in [0.2, 0.25) is 0 Å². The van der Waals surface area contributed by atoms with Crippen molar-refractivity contribution in [3.05, 3.63) is 56.7 Å². The summed E-state index contributed by atoms with van der Waals surface area (Å²) in [6.07, 6.45) is 6.28. The molecule has 34 heavy (non-hydrogen) atoms. The van der Waals surface area contributed by atoms with E-state index in [9.17, 15) is 9.59 Å². The molecule has 6 nitrogen and oxygen atoms in total. The smallest absolute Gasteiger partial charge is 0.263 e. The zero-order valence-corrected chi connectivity index (χ0v) is 21.4. The summed E-state index contributed by atoms with van der Waals surface area (Å²) >= 11 is 3.05. The number of carbonyl (C=O) groups excluding carboxylic acids is 1. The molecule has 1 aliphatic carbocycles. The maximum atomic E-state index is 13.8. The van der Waals surface area contributed by atoms with Gasteiger partial charge in [-0.3, -0.25) is 14.2 Å². The number of hydrogen-bond acceptors (Lipinski definition) is 6. The monoisotopic (exact) mass is 497 g/mol. The highest BCUT2D eigenvalue weighted by Crippen LogP contribution is 2.35. The molecular weight excluding hydrogens is 466 g/mol. The van der Waals surface area contributed by atoms with Crippen LogP contribution >= 0.6 is 23.1 Å². The van der Waals surface area contributed by atoms with Crippen LogP contribution < -0.4 is 5.56 Å². The number of aromatic nitrogens is 2. The van der Waals surface area contributed by atoms with E-state index in [1.807, 2.05) is 44.3 Å². The summed E-state index contributed by atoms with van der Waals surface area (Å²) in [7, 11) is 1.83. The minimum atomic E-state index is -0.358. The van der Waals surface area contributed by atoms with Crippen molar-refractivity contribution in [2.24, 2.45) is 0 Å². The van der Waals surface area contributed by atoms with Gasteiger partial charge in [0.2, 0.25) is 5.91 Å². The number of rotatable bonds is 7. The molecule has 1 aromatic carbocycles. The number of aryl methyl sites for hydroxylation is 2. The van der Waals surface area contributed by atoms with Crippen molar-refractivity contribution in [1.29, 1.82) is 0 Å². The zero-order chi connectivity index (χ0) is 23.7. The van der Waals surface area contributed by atoms with Crippen LogP contribution in [0.25, 0.3) is 10.2 Å². The first-order chi connectivity index (χ1) is 16.5. The molecule has 0 N–H and O–H groups in total. The summed E-state index contributed by atoms with van der Waals surface area (Å²) in [5.41, 5.74) is 2.32. The third-order valence-corrected chi connectivity index (χ3v) is 8.98. The zero-order valence-electron chi connectivity index (χ0n) is 19.8. The normalized spacial score (nSPS) is 18.7. The summed E-state index contributed by atoms with van der Waals surface area (Å²) in [5.74, 6) is 0.0253. The summed E-state index contributed by atoms with van der Waals surface area (Å²) in [6.45, 7) is 3.69. The summed E-state index contributed by atoms with van der Waals surface area (Å²) in [5, 5.41) is 1.06. The number of thiophene rings is 1. The minimum Gasteiger partial charge on any atom is -0.376 e. The maximum absolute atomic E-state index is 13.8. The molecule has 2 aliphatic rings. The molecule has 1 saturated heterocycles. The Morgan fingerprint density at radius 2 is 2.06 bits per heavy atom. The van der Waals surface area contributed by atoms with E-state index < -0.39 is 0 Å². The summed E-state index contributed by atoms with van der Waals surface area (Å²) < 4.78 is 7.64. The number of ether oxygens (including phenoxy) is 1. The van der Waals surface area contributed by atoms with Gasteiger partial charge in [-0.25, -0.2) is 4.98 Å². The van der Waals surface area contributed by atoms with Crippen LogP contribution in [0.15, 0.2) is 40.3 Å². The Morgan fingerprint density at radius 1 is 1.26 bits per heavy atom. The van der Waals surface area contributed by atoms with Crippen molar-refractivity contribution in [2.45, 2.75) is 75.0 Å². The molecule has 3 heterocycles. The Balaban J connectivity index is 1.44. The number of amides is 1. The van der Waals surface area contributed by atoms with Crippen LogP contribution in [0.3, 0.4) is 0 Å². The van der Waals surface area contributed by atoms with E-state index >= 15 is 0 Å². The highest BCUT2D eigenvalue weighted by atomic mass is 32.2. The second-order valence-electron chi connectivity index (χ2n) is 9.28. The SMILES string of the molecule is CC(Sc1nc2sc3c(c2c(=O)n1CC1CCCO1)CCCC3)C(=O)N(C)Cc1ccccc1. The average Bonchev–Trinajstić information content (AvgIpc) is 3.49. The third-order valence-electron chi connectivity index (χ3n) is 6.72. The Morgan fingerprint density at radius 3 is 2.82 bits per heavy atom. The minimum absolute atomic E-state index is 0.0253. The fourth-order valence-electron chi connectivity index (χ4n) is 4.92. The Labute approximate surface area is 208 Å². The molecule has 1 amide bonds. The number of thioether (sulfide) groups is 1. The number of nitrogens with zero attached hydrogens (tertiary/aromatic N) is 3. The van der Waals surface area contributed by atoms with E-state index in [4.69, 9.17) is 9.72 Å². The van der Waals surface area contributed by atoms with Crippen LogP contribution in [0.5, 0.6) is 0 Å². The Kier molecular flexibility index (Phi) is 7.09. The fourth-order valence-corrected chi connectivity index (χ4v) is 7.25. The molecule has 1 fully saturated rings. The average molecular weight is 498 g/mol. The lowest BCUT2D eigenvalue weighted by molar-refractivity contribution is -0.129. The van der Waals surface area contributed by atoms with Crippen molar-refractivity contribution >= 4 is 39.2 Å². The van der Waals surface area contributed by atoms with E-state index in [0.717, 1.165) is 54.5 Å². The van der Waals surface area contributed by atoms with Gasteiger partial charge in [0.1, 0.15) is 4.83 Å². The fraction of sp³-hybridized carbons (Fsp3) is 0.500. The van der Waals surface area contributed by atoms with Gasteiger partial charge in [-0.1, -0.05) is 42.1 Å². The lowest BCUT2D eigenvalue weighted by Crippen LogP contribution is -2.34. The van der Waals surface area contributed by atoms with Crippen LogP contribution in [0.4, 0.5) is 0 Å². The second kappa shape index (κ2) is 10.2. The quantitative estimate of drug-likeness (QED) is 0.351. The molecule has 5 rings (SSSR count). The van der Waals surface area contributed by atoms with E-state index in [0.29, 0.717) is 18.2 Å². The predicted molar refractivity (Wildman–Crippen MR) is 138 cm³/mol. The van der Waals surface area contributed by atoms with Crippen molar-refractivity contribution in [1.82, 2.24) is 14.5 Å². The van der Waals surface area contributed by atoms with Crippen molar-refractivity contribution in [3.63, 3.8) is 0 Å². The molecule has 0 bridgehead atoms. The van der Waals surface area contributed by atoms with Gasteiger partial charge in [0.15, 0.2) is 5.16 Å². The summed E-state index contributed by atoms with van der Waals surface area (Å²) in [6, 6.07) is 9.98. The Bertz CT molecular complexity index is 1230. The molecular formula is C26H31N3O3S2. The van der Waals surface area contributed by atoms with Gasteiger partial charge < -0.3 is 9.64 Å². The molecule has 2 unspecified atom stereocenters. The van der Waals surface area contributed by atoms with E-state index in [-0.39, 0.29) is 22.8 Å². The summed E-state index contributed by atoms with van der Waals surface area (Å²) in [4.78, 5) is 35.8. The Hall–Kier alpha value is -2.16. The maximum Gasteiger partial charge on any atom is 0.263 e.